The molecule has 2 N–H and O–H groups in total. The molecule has 0 saturated carbocycles. The molecular weight excluding hydrogens is 234 g/mol. The maximum Gasteiger partial charge on any atom is 0.231 e. The summed E-state index contributed by atoms with van der Waals surface area (Å²) in [7, 11) is 5.50. The fourth-order valence-corrected chi connectivity index (χ4v) is 1.26. The first-order chi connectivity index (χ1) is 8.69. The van der Waals surface area contributed by atoms with E-state index in [9.17, 15) is 0 Å². The summed E-state index contributed by atoms with van der Waals surface area (Å²) in [6.45, 7) is 0.472. The molecule has 0 aliphatic heterocycles. The minimum atomic E-state index is 0.472. The fraction of sp³-hybridized carbons (Fsp3) is 0.400. The molecule has 0 amide bonds. The summed E-state index contributed by atoms with van der Waals surface area (Å²) in [6, 6.07) is 1.78. The predicted molar refractivity (Wildman–Crippen MR) is 67.5 cm³/mol. The van der Waals surface area contributed by atoms with Crippen LogP contribution in [0, 0.1) is 0 Å². The number of nitrogens with zero attached hydrogens (tertiary/aromatic N) is 5. The Morgan fingerprint density at radius 2 is 2.00 bits per heavy atom. The molecule has 0 aliphatic rings. The minimum absolute atomic E-state index is 0.472. The topological polar surface area (TPSA) is 92.0 Å². The van der Waals surface area contributed by atoms with Gasteiger partial charge >= 0.3 is 0 Å². The Labute approximate surface area is 104 Å². The van der Waals surface area contributed by atoms with Crippen LogP contribution in [0.3, 0.4) is 0 Å². The maximum absolute atomic E-state index is 4.98. The van der Waals surface area contributed by atoms with Gasteiger partial charge in [-0.2, -0.15) is 15.0 Å². The molecule has 96 valence electrons. The number of anilines is 3. The first-order valence-electron chi connectivity index (χ1n) is 5.43. The van der Waals surface area contributed by atoms with E-state index < -0.39 is 0 Å². The van der Waals surface area contributed by atoms with Crippen molar-refractivity contribution in [2.45, 2.75) is 6.54 Å². The molecule has 0 aliphatic carbocycles. The van der Waals surface area contributed by atoms with Gasteiger partial charge in [0.15, 0.2) is 5.76 Å². The largest absolute Gasteiger partial charge is 0.360 e. The van der Waals surface area contributed by atoms with Gasteiger partial charge < -0.3 is 20.1 Å². The highest BCUT2D eigenvalue weighted by Gasteiger charge is 2.07. The second-order valence-electron chi connectivity index (χ2n) is 3.76. The summed E-state index contributed by atoms with van der Waals surface area (Å²) in [5.74, 6) is 2.28. The van der Waals surface area contributed by atoms with E-state index in [0.29, 0.717) is 30.2 Å². The van der Waals surface area contributed by atoms with Crippen LogP contribution in [0.15, 0.2) is 16.8 Å². The van der Waals surface area contributed by atoms with Crippen LogP contribution in [-0.2, 0) is 6.54 Å². The summed E-state index contributed by atoms with van der Waals surface area (Å²) >= 11 is 0. The smallest absolute Gasteiger partial charge is 0.231 e. The van der Waals surface area contributed by atoms with Crippen LogP contribution >= 0.6 is 0 Å². The number of nitrogens with one attached hydrogen (secondary N) is 2. The molecule has 2 aromatic rings. The second kappa shape index (κ2) is 5.30. The number of rotatable bonds is 5. The van der Waals surface area contributed by atoms with Crippen molar-refractivity contribution in [1.82, 2.24) is 20.1 Å². The first-order valence-corrected chi connectivity index (χ1v) is 5.43. The summed E-state index contributed by atoms with van der Waals surface area (Å²) in [6.07, 6.45) is 1.59. The summed E-state index contributed by atoms with van der Waals surface area (Å²) in [5, 5.41) is 9.57. The maximum atomic E-state index is 4.98. The standard InChI is InChI=1S/C10H15N7O/c1-11-8-14-9(16-10(15-8)17(2)3)12-6-7-4-5-13-18-7/h4-5H,6H2,1-3H3,(H2,11,12,14,15,16). The Bertz CT molecular complexity index is 497. The van der Waals surface area contributed by atoms with Gasteiger partial charge in [-0.1, -0.05) is 5.16 Å². The van der Waals surface area contributed by atoms with E-state index in [0.717, 1.165) is 0 Å². The zero-order valence-electron chi connectivity index (χ0n) is 10.5. The monoisotopic (exact) mass is 249 g/mol. The Hall–Kier alpha value is -2.38. The van der Waals surface area contributed by atoms with Crippen LogP contribution < -0.4 is 15.5 Å². The highest BCUT2D eigenvalue weighted by molar-refractivity contribution is 5.42. The zero-order chi connectivity index (χ0) is 13.0. The number of aromatic nitrogens is 4. The third kappa shape index (κ3) is 2.84. The first kappa shape index (κ1) is 12.1. The number of hydrogen-bond acceptors (Lipinski definition) is 8. The zero-order valence-corrected chi connectivity index (χ0v) is 10.5. The van der Waals surface area contributed by atoms with Crippen molar-refractivity contribution < 1.29 is 4.52 Å². The second-order valence-corrected chi connectivity index (χ2v) is 3.76. The summed E-state index contributed by atoms with van der Waals surface area (Å²) in [4.78, 5) is 14.5. The Morgan fingerprint density at radius 1 is 1.22 bits per heavy atom. The van der Waals surface area contributed by atoms with E-state index in [2.05, 4.69) is 30.7 Å². The van der Waals surface area contributed by atoms with Crippen molar-refractivity contribution in [2.24, 2.45) is 0 Å². The van der Waals surface area contributed by atoms with Gasteiger partial charge in [-0.05, 0) is 0 Å². The lowest BCUT2D eigenvalue weighted by atomic mass is 10.4. The average Bonchev–Trinajstić information content (AvgIpc) is 2.89. The van der Waals surface area contributed by atoms with Crippen molar-refractivity contribution >= 4 is 17.8 Å². The van der Waals surface area contributed by atoms with E-state index in [-0.39, 0.29) is 0 Å². The lowest BCUT2D eigenvalue weighted by Gasteiger charge is -2.12. The molecule has 8 nitrogen and oxygen atoms in total. The van der Waals surface area contributed by atoms with Gasteiger partial charge in [0.05, 0.1) is 12.7 Å². The van der Waals surface area contributed by atoms with E-state index in [4.69, 9.17) is 4.52 Å². The highest BCUT2D eigenvalue weighted by atomic mass is 16.5. The molecular formula is C10H15N7O. The molecule has 0 fully saturated rings. The van der Waals surface area contributed by atoms with Crippen molar-refractivity contribution in [3.8, 4) is 0 Å². The van der Waals surface area contributed by atoms with Crippen LogP contribution in [-0.4, -0.2) is 41.3 Å². The summed E-state index contributed by atoms with van der Waals surface area (Å²) < 4.78 is 4.98. The summed E-state index contributed by atoms with van der Waals surface area (Å²) in [5.41, 5.74) is 0. The van der Waals surface area contributed by atoms with Crippen LogP contribution in [0.25, 0.3) is 0 Å². The van der Waals surface area contributed by atoms with Crippen molar-refractivity contribution in [3.63, 3.8) is 0 Å². The van der Waals surface area contributed by atoms with E-state index >= 15 is 0 Å². The molecule has 0 unspecified atom stereocenters. The van der Waals surface area contributed by atoms with Crippen molar-refractivity contribution in [2.75, 3.05) is 36.7 Å². The third-order valence-electron chi connectivity index (χ3n) is 2.16. The molecule has 8 heteroatoms. The molecule has 0 atom stereocenters. The van der Waals surface area contributed by atoms with Crippen molar-refractivity contribution in [3.05, 3.63) is 18.0 Å². The molecule has 0 saturated heterocycles. The van der Waals surface area contributed by atoms with Gasteiger partial charge in [-0.25, -0.2) is 0 Å². The lowest BCUT2D eigenvalue weighted by molar-refractivity contribution is 0.388. The SMILES string of the molecule is CNc1nc(NCc2ccno2)nc(N(C)C)n1. The molecule has 2 aromatic heterocycles. The van der Waals surface area contributed by atoms with Gasteiger partial charge in [-0.3, -0.25) is 0 Å². The van der Waals surface area contributed by atoms with Gasteiger partial charge in [0.1, 0.15) is 0 Å². The molecule has 2 rings (SSSR count). The molecule has 18 heavy (non-hydrogen) atoms. The Balaban J connectivity index is 2.13. The average molecular weight is 249 g/mol. The quantitative estimate of drug-likeness (QED) is 0.795. The van der Waals surface area contributed by atoms with Crippen LogP contribution in [0.2, 0.25) is 0 Å². The normalized spacial score (nSPS) is 10.2. The molecule has 0 aromatic carbocycles. The van der Waals surface area contributed by atoms with E-state index in [1.54, 1.807) is 19.3 Å². The van der Waals surface area contributed by atoms with E-state index in [1.807, 2.05) is 19.0 Å². The highest BCUT2D eigenvalue weighted by Crippen LogP contribution is 2.11. The lowest BCUT2D eigenvalue weighted by Crippen LogP contribution is -2.16. The van der Waals surface area contributed by atoms with Gasteiger partial charge in [0.2, 0.25) is 17.8 Å². The fourth-order valence-electron chi connectivity index (χ4n) is 1.26. The van der Waals surface area contributed by atoms with Gasteiger partial charge in [0.25, 0.3) is 0 Å². The predicted octanol–water partition coefficient (Wildman–Crippen LogP) is 0.579. The Kier molecular flexibility index (Phi) is 3.56. The Morgan fingerprint density at radius 3 is 2.61 bits per heavy atom. The molecule has 0 radical (unpaired) electrons. The molecule has 0 bridgehead atoms. The van der Waals surface area contributed by atoms with Crippen LogP contribution in [0.1, 0.15) is 5.76 Å². The molecule has 2 heterocycles. The van der Waals surface area contributed by atoms with Gasteiger partial charge in [0, 0.05) is 27.2 Å². The van der Waals surface area contributed by atoms with Crippen LogP contribution in [0.4, 0.5) is 17.8 Å². The van der Waals surface area contributed by atoms with E-state index in [1.165, 1.54) is 0 Å². The molecule has 0 spiro atoms. The van der Waals surface area contributed by atoms with Crippen LogP contribution in [0.5, 0.6) is 0 Å². The minimum Gasteiger partial charge on any atom is -0.360 e. The van der Waals surface area contributed by atoms with Gasteiger partial charge in [-0.15, -0.1) is 0 Å². The third-order valence-corrected chi connectivity index (χ3v) is 2.16. The van der Waals surface area contributed by atoms with Crippen molar-refractivity contribution in [1.29, 1.82) is 0 Å². The number of hydrogen-bond donors (Lipinski definition) is 2.